The molecule has 0 fully saturated rings. The van der Waals surface area contributed by atoms with Crippen LogP contribution in [0.2, 0.25) is 0 Å². The zero-order valence-electron chi connectivity index (χ0n) is 6.58. The van der Waals surface area contributed by atoms with Crippen LogP contribution in [0.4, 0.5) is 0 Å². The standard InChI is InChI=1S/C6H6O8/c7-2(5(11)12)1(4(9)10)3(8)6(13)14/h1-2,7H,(H,9,10)(H,11,12)(H,13,14)/t1-,2-/m0/s1. The molecule has 8 heteroatoms. The van der Waals surface area contributed by atoms with Gasteiger partial charge in [0.25, 0.3) is 5.78 Å². The van der Waals surface area contributed by atoms with E-state index in [0.717, 1.165) is 0 Å². The third kappa shape index (κ3) is 2.52. The minimum atomic E-state index is -2.57. The molecule has 0 bridgehead atoms. The molecule has 0 aliphatic rings. The van der Waals surface area contributed by atoms with Crippen molar-refractivity contribution >= 4 is 23.7 Å². The molecule has 78 valence electrons. The number of Topliss-reactive ketones (excluding diaryl/α,β-unsaturated/α-hetero) is 1. The highest BCUT2D eigenvalue weighted by atomic mass is 16.4. The van der Waals surface area contributed by atoms with E-state index in [1.807, 2.05) is 0 Å². The second-order valence-corrected chi connectivity index (χ2v) is 2.27. The summed E-state index contributed by atoms with van der Waals surface area (Å²) in [4.78, 5) is 41.1. The van der Waals surface area contributed by atoms with E-state index >= 15 is 0 Å². The minimum Gasteiger partial charge on any atom is -0.481 e. The van der Waals surface area contributed by atoms with Crippen LogP contribution in [-0.4, -0.2) is 50.2 Å². The fraction of sp³-hybridized carbons (Fsp3) is 0.333. The van der Waals surface area contributed by atoms with Crippen molar-refractivity contribution in [2.45, 2.75) is 6.10 Å². The van der Waals surface area contributed by atoms with Gasteiger partial charge in [0.2, 0.25) is 0 Å². The molecule has 0 saturated heterocycles. The number of aliphatic hydroxyl groups excluding tert-OH is 1. The molecular weight excluding hydrogens is 200 g/mol. The zero-order chi connectivity index (χ0) is 11.5. The number of carbonyl (C=O) groups excluding carboxylic acids is 1. The second kappa shape index (κ2) is 4.33. The molecule has 14 heavy (non-hydrogen) atoms. The normalized spacial score (nSPS) is 14.1. The van der Waals surface area contributed by atoms with E-state index in [1.54, 1.807) is 0 Å². The maximum atomic E-state index is 10.6. The van der Waals surface area contributed by atoms with E-state index < -0.39 is 35.7 Å². The van der Waals surface area contributed by atoms with Crippen molar-refractivity contribution in [1.82, 2.24) is 0 Å². The van der Waals surface area contributed by atoms with Gasteiger partial charge < -0.3 is 20.4 Å². The first-order valence-corrected chi connectivity index (χ1v) is 3.19. The maximum Gasteiger partial charge on any atom is 0.373 e. The molecule has 0 aromatic rings. The lowest BCUT2D eigenvalue weighted by atomic mass is 9.97. The van der Waals surface area contributed by atoms with Crippen molar-refractivity contribution < 1.29 is 39.6 Å². The van der Waals surface area contributed by atoms with Crippen LogP contribution >= 0.6 is 0 Å². The van der Waals surface area contributed by atoms with E-state index in [-0.39, 0.29) is 0 Å². The second-order valence-electron chi connectivity index (χ2n) is 2.27. The molecule has 0 aromatic heterocycles. The number of ketones is 1. The SMILES string of the molecule is O=C(O)C(=O)[C@@H](C(=O)O)[C@H](O)C(=O)O. The molecule has 0 saturated carbocycles. The molecule has 0 aromatic carbocycles. The average molecular weight is 206 g/mol. The van der Waals surface area contributed by atoms with Crippen LogP contribution in [0.3, 0.4) is 0 Å². The lowest BCUT2D eigenvalue weighted by Crippen LogP contribution is -2.42. The van der Waals surface area contributed by atoms with Gasteiger partial charge >= 0.3 is 17.9 Å². The molecule has 0 heterocycles. The summed E-state index contributed by atoms with van der Waals surface area (Å²) in [5.74, 6) is -10.5. The summed E-state index contributed by atoms with van der Waals surface area (Å²) >= 11 is 0. The van der Waals surface area contributed by atoms with Crippen LogP contribution < -0.4 is 0 Å². The number of hydrogen-bond acceptors (Lipinski definition) is 5. The van der Waals surface area contributed by atoms with Gasteiger partial charge in [0.1, 0.15) is 0 Å². The summed E-state index contributed by atoms with van der Waals surface area (Å²) in [5, 5.41) is 33.3. The Balaban J connectivity index is 4.96. The van der Waals surface area contributed by atoms with E-state index in [0.29, 0.717) is 0 Å². The Kier molecular flexibility index (Phi) is 3.72. The smallest absolute Gasteiger partial charge is 0.373 e. The van der Waals surface area contributed by atoms with Gasteiger partial charge in [-0.25, -0.2) is 9.59 Å². The van der Waals surface area contributed by atoms with Crippen LogP contribution in [0.5, 0.6) is 0 Å². The molecule has 0 spiro atoms. The summed E-state index contributed by atoms with van der Waals surface area (Å²) in [6, 6.07) is 0. The molecule has 0 aliphatic carbocycles. The summed E-state index contributed by atoms with van der Waals surface area (Å²) < 4.78 is 0. The Morgan fingerprint density at radius 2 is 1.29 bits per heavy atom. The van der Waals surface area contributed by atoms with Crippen LogP contribution in [0.25, 0.3) is 0 Å². The molecule has 0 amide bonds. The predicted molar refractivity (Wildman–Crippen MR) is 37.4 cm³/mol. The summed E-state index contributed by atoms with van der Waals surface area (Å²) in [7, 11) is 0. The van der Waals surface area contributed by atoms with Gasteiger partial charge in [0.15, 0.2) is 12.0 Å². The Morgan fingerprint density at radius 3 is 1.50 bits per heavy atom. The summed E-state index contributed by atoms with van der Waals surface area (Å²) in [6.45, 7) is 0. The molecule has 0 aliphatic heterocycles. The van der Waals surface area contributed by atoms with Gasteiger partial charge in [-0.1, -0.05) is 0 Å². The van der Waals surface area contributed by atoms with Crippen molar-refractivity contribution in [3.63, 3.8) is 0 Å². The highest BCUT2D eigenvalue weighted by molar-refractivity contribution is 6.37. The first-order valence-electron chi connectivity index (χ1n) is 3.19. The molecule has 0 radical (unpaired) electrons. The Morgan fingerprint density at radius 1 is 0.857 bits per heavy atom. The van der Waals surface area contributed by atoms with Gasteiger partial charge in [0, 0.05) is 0 Å². The van der Waals surface area contributed by atoms with Crippen molar-refractivity contribution in [3.05, 3.63) is 0 Å². The van der Waals surface area contributed by atoms with E-state index in [2.05, 4.69) is 0 Å². The number of rotatable bonds is 5. The zero-order valence-corrected chi connectivity index (χ0v) is 6.58. The number of hydrogen-bond donors (Lipinski definition) is 4. The molecule has 8 nitrogen and oxygen atoms in total. The van der Waals surface area contributed by atoms with Crippen LogP contribution in [0, 0.1) is 5.92 Å². The van der Waals surface area contributed by atoms with Crippen molar-refractivity contribution in [2.24, 2.45) is 5.92 Å². The largest absolute Gasteiger partial charge is 0.481 e. The van der Waals surface area contributed by atoms with Gasteiger partial charge in [0.05, 0.1) is 0 Å². The van der Waals surface area contributed by atoms with Gasteiger partial charge in [-0.15, -0.1) is 0 Å². The molecule has 4 N–H and O–H groups in total. The highest BCUT2D eigenvalue weighted by Crippen LogP contribution is 2.06. The first-order chi connectivity index (χ1) is 6.29. The highest BCUT2D eigenvalue weighted by Gasteiger charge is 2.41. The number of aliphatic hydroxyl groups is 1. The number of aliphatic carboxylic acids is 3. The van der Waals surface area contributed by atoms with Crippen LogP contribution in [-0.2, 0) is 19.2 Å². The predicted octanol–water partition coefficient (Wildman–Crippen LogP) is -2.21. The maximum absolute atomic E-state index is 10.6. The third-order valence-electron chi connectivity index (χ3n) is 1.33. The van der Waals surface area contributed by atoms with E-state index in [4.69, 9.17) is 20.4 Å². The fourth-order valence-corrected chi connectivity index (χ4v) is 0.666. The Labute approximate surface area is 76.4 Å². The molecular formula is C6H6O8. The monoisotopic (exact) mass is 206 g/mol. The van der Waals surface area contributed by atoms with Gasteiger partial charge in [-0.3, -0.25) is 9.59 Å². The lowest BCUT2D eigenvalue weighted by molar-refractivity contribution is -0.167. The minimum absolute atomic E-state index is 1.88. The van der Waals surface area contributed by atoms with E-state index in [1.165, 1.54) is 0 Å². The molecule has 2 atom stereocenters. The van der Waals surface area contributed by atoms with E-state index in [9.17, 15) is 19.2 Å². The fourth-order valence-electron chi connectivity index (χ4n) is 0.666. The Hall–Kier alpha value is -1.96. The molecule has 0 rings (SSSR count). The summed E-state index contributed by atoms with van der Waals surface area (Å²) in [5.41, 5.74) is 0. The molecule has 0 unspecified atom stereocenters. The first kappa shape index (κ1) is 12.0. The van der Waals surface area contributed by atoms with Gasteiger partial charge in [-0.2, -0.15) is 0 Å². The third-order valence-corrected chi connectivity index (χ3v) is 1.33. The Bertz CT molecular complexity index is 292. The number of carboxylic acid groups (broad SMARTS) is 3. The van der Waals surface area contributed by atoms with Gasteiger partial charge in [-0.05, 0) is 0 Å². The van der Waals surface area contributed by atoms with Crippen LogP contribution in [0.1, 0.15) is 0 Å². The quantitative estimate of drug-likeness (QED) is 0.292. The number of carboxylic acids is 3. The van der Waals surface area contributed by atoms with Crippen molar-refractivity contribution in [1.29, 1.82) is 0 Å². The summed E-state index contributed by atoms with van der Waals surface area (Å²) in [6.07, 6.45) is -2.57. The number of carbonyl (C=O) groups is 4. The van der Waals surface area contributed by atoms with Crippen molar-refractivity contribution in [3.8, 4) is 0 Å². The average Bonchev–Trinajstić information content (AvgIpc) is 2.03. The van der Waals surface area contributed by atoms with Crippen LogP contribution in [0.15, 0.2) is 0 Å². The topological polar surface area (TPSA) is 149 Å². The van der Waals surface area contributed by atoms with Crippen molar-refractivity contribution in [2.75, 3.05) is 0 Å². The lowest BCUT2D eigenvalue weighted by Gasteiger charge is -2.11.